The fourth-order valence-corrected chi connectivity index (χ4v) is 1.39. The molecule has 5 heteroatoms. The number of para-hydroxylation sites is 1. The van der Waals surface area contributed by atoms with Crippen LogP contribution >= 0.6 is 15.9 Å². The van der Waals surface area contributed by atoms with Crippen LogP contribution < -0.4 is 10.1 Å². The van der Waals surface area contributed by atoms with E-state index in [1.165, 1.54) is 0 Å². The van der Waals surface area contributed by atoms with E-state index >= 15 is 0 Å². The lowest BCUT2D eigenvalue weighted by atomic mass is 10.3. The predicted molar refractivity (Wildman–Crippen MR) is 60.1 cm³/mol. The molecular weight excluding hydrogens is 262 g/mol. The van der Waals surface area contributed by atoms with Gasteiger partial charge in [0.2, 0.25) is 0 Å². The minimum absolute atomic E-state index is 0.0423. The minimum atomic E-state index is -0.865. The van der Waals surface area contributed by atoms with Crippen molar-refractivity contribution in [3.8, 4) is 5.75 Å². The minimum Gasteiger partial charge on any atom is -0.491 e. The highest BCUT2D eigenvalue weighted by Gasteiger charge is 1.99. The molecule has 0 radical (unpaired) electrons. The average Bonchev–Trinajstić information content (AvgIpc) is 2.20. The summed E-state index contributed by atoms with van der Waals surface area (Å²) in [6, 6.07) is 7.52. The number of hydrogen-bond acceptors (Lipinski definition) is 3. The van der Waals surface area contributed by atoms with Gasteiger partial charge >= 0.3 is 5.97 Å². The molecule has 2 N–H and O–H groups in total. The van der Waals surface area contributed by atoms with Crippen LogP contribution in [-0.4, -0.2) is 30.8 Å². The Morgan fingerprint density at radius 2 is 2.20 bits per heavy atom. The molecular formula is C10H12BrNO3. The van der Waals surface area contributed by atoms with Gasteiger partial charge in [-0.15, -0.1) is 0 Å². The topological polar surface area (TPSA) is 58.6 Å². The van der Waals surface area contributed by atoms with Gasteiger partial charge in [0.15, 0.2) is 0 Å². The van der Waals surface area contributed by atoms with Gasteiger partial charge in [0.1, 0.15) is 12.4 Å². The molecule has 0 aliphatic rings. The number of rotatable bonds is 6. The number of carboxylic acid groups (broad SMARTS) is 1. The number of carbonyl (C=O) groups is 1. The Balaban J connectivity index is 2.21. The molecule has 0 atom stereocenters. The second-order valence-corrected chi connectivity index (χ2v) is 3.70. The van der Waals surface area contributed by atoms with Crippen LogP contribution in [-0.2, 0) is 4.79 Å². The van der Waals surface area contributed by atoms with E-state index in [2.05, 4.69) is 21.2 Å². The summed E-state index contributed by atoms with van der Waals surface area (Å²) < 4.78 is 6.31. The van der Waals surface area contributed by atoms with Crippen LogP contribution in [0, 0.1) is 0 Å². The summed E-state index contributed by atoms with van der Waals surface area (Å²) in [6.45, 7) is 0.906. The number of benzene rings is 1. The molecule has 1 aromatic rings. The van der Waals surface area contributed by atoms with Crippen molar-refractivity contribution in [3.05, 3.63) is 28.7 Å². The van der Waals surface area contributed by atoms with E-state index in [-0.39, 0.29) is 6.54 Å². The van der Waals surface area contributed by atoms with Gasteiger partial charge in [-0.05, 0) is 28.1 Å². The lowest BCUT2D eigenvalue weighted by molar-refractivity contribution is -0.135. The fraction of sp³-hybridized carbons (Fsp3) is 0.300. The first kappa shape index (κ1) is 12.0. The average molecular weight is 274 g/mol. The molecule has 0 amide bonds. The summed E-state index contributed by atoms with van der Waals surface area (Å²) in [5.41, 5.74) is 0. The Kier molecular flexibility index (Phi) is 5.14. The standard InChI is InChI=1S/C10H12BrNO3/c11-8-3-1-2-4-9(8)15-6-5-12-7-10(13)14/h1-4,12H,5-7H2,(H,13,14). The van der Waals surface area contributed by atoms with Crippen LogP contribution in [0.25, 0.3) is 0 Å². The van der Waals surface area contributed by atoms with Gasteiger partial charge in [0, 0.05) is 6.54 Å². The van der Waals surface area contributed by atoms with Crippen molar-refractivity contribution in [3.63, 3.8) is 0 Å². The molecule has 0 saturated heterocycles. The molecule has 0 bridgehead atoms. The Morgan fingerprint density at radius 3 is 2.87 bits per heavy atom. The zero-order valence-corrected chi connectivity index (χ0v) is 9.66. The first-order chi connectivity index (χ1) is 7.20. The first-order valence-electron chi connectivity index (χ1n) is 4.50. The molecule has 1 aromatic carbocycles. The maximum atomic E-state index is 10.2. The number of halogens is 1. The van der Waals surface area contributed by atoms with Crippen molar-refractivity contribution < 1.29 is 14.6 Å². The molecule has 0 fully saturated rings. The molecule has 0 unspecified atom stereocenters. The van der Waals surface area contributed by atoms with Crippen LogP contribution in [0.5, 0.6) is 5.75 Å². The third-order valence-electron chi connectivity index (χ3n) is 1.65. The van der Waals surface area contributed by atoms with Gasteiger partial charge < -0.3 is 15.2 Å². The van der Waals surface area contributed by atoms with E-state index in [9.17, 15) is 4.79 Å². The maximum Gasteiger partial charge on any atom is 0.317 e. The lowest BCUT2D eigenvalue weighted by Crippen LogP contribution is -2.26. The maximum absolute atomic E-state index is 10.2. The van der Waals surface area contributed by atoms with Crippen molar-refractivity contribution in [2.75, 3.05) is 19.7 Å². The number of aliphatic carboxylic acids is 1. The van der Waals surface area contributed by atoms with Crippen molar-refractivity contribution in [1.82, 2.24) is 5.32 Å². The summed E-state index contributed by atoms with van der Waals surface area (Å²) in [6.07, 6.45) is 0. The van der Waals surface area contributed by atoms with Gasteiger partial charge in [-0.2, -0.15) is 0 Å². The van der Waals surface area contributed by atoms with E-state index in [1.807, 2.05) is 24.3 Å². The largest absolute Gasteiger partial charge is 0.491 e. The van der Waals surface area contributed by atoms with Crippen LogP contribution in [0.4, 0.5) is 0 Å². The summed E-state index contributed by atoms with van der Waals surface area (Å²) >= 11 is 3.35. The fourth-order valence-electron chi connectivity index (χ4n) is 0.990. The highest BCUT2D eigenvalue weighted by atomic mass is 79.9. The van der Waals surface area contributed by atoms with Crippen LogP contribution in [0.3, 0.4) is 0 Å². The summed E-state index contributed by atoms with van der Waals surface area (Å²) in [5, 5.41) is 11.1. The highest BCUT2D eigenvalue weighted by molar-refractivity contribution is 9.10. The van der Waals surface area contributed by atoms with Gasteiger partial charge in [0.05, 0.1) is 11.0 Å². The second-order valence-electron chi connectivity index (χ2n) is 2.85. The van der Waals surface area contributed by atoms with Crippen LogP contribution in [0.2, 0.25) is 0 Å². The molecule has 0 aromatic heterocycles. The zero-order chi connectivity index (χ0) is 11.1. The summed E-state index contributed by atoms with van der Waals surface area (Å²) in [4.78, 5) is 10.2. The van der Waals surface area contributed by atoms with Crippen molar-refractivity contribution in [1.29, 1.82) is 0 Å². The SMILES string of the molecule is O=C(O)CNCCOc1ccccc1Br. The van der Waals surface area contributed by atoms with Gasteiger partial charge in [-0.1, -0.05) is 12.1 Å². The summed E-state index contributed by atoms with van der Waals surface area (Å²) in [7, 11) is 0. The molecule has 0 saturated carbocycles. The highest BCUT2D eigenvalue weighted by Crippen LogP contribution is 2.23. The van der Waals surface area contributed by atoms with Crippen LogP contribution in [0.15, 0.2) is 28.7 Å². The molecule has 0 heterocycles. The third kappa shape index (κ3) is 4.80. The third-order valence-corrected chi connectivity index (χ3v) is 2.30. The van der Waals surface area contributed by atoms with Crippen LogP contribution in [0.1, 0.15) is 0 Å². The molecule has 0 aliphatic carbocycles. The normalized spacial score (nSPS) is 9.93. The van der Waals surface area contributed by atoms with Crippen molar-refractivity contribution >= 4 is 21.9 Å². The molecule has 15 heavy (non-hydrogen) atoms. The van der Waals surface area contributed by atoms with E-state index < -0.39 is 5.97 Å². The predicted octanol–water partition coefficient (Wildman–Crippen LogP) is 1.50. The Bertz CT molecular complexity index is 330. The number of nitrogens with one attached hydrogen (secondary N) is 1. The van der Waals surface area contributed by atoms with Gasteiger partial charge in [-0.3, -0.25) is 4.79 Å². The quantitative estimate of drug-likeness (QED) is 0.772. The molecule has 0 spiro atoms. The first-order valence-corrected chi connectivity index (χ1v) is 5.29. The Labute approximate surface area is 96.4 Å². The van der Waals surface area contributed by atoms with Gasteiger partial charge in [-0.25, -0.2) is 0 Å². The molecule has 1 rings (SSSR count). The molecule has 0 aliphatic heterocycles. The Hall–Kier alpha value is -1.07. The molecule has 4 nitrogen and oxygen atoms in total. The van der Waals surface area contributed by atoms with E-state index in [4.69, 9.17) is 9.84 Å². The van der Waals surface area contributed by atoms with Gasteiger partial charge in [0.25, 0.3) is 0 Å². The zero-order valence-electron chi connectivity index (χ0n) is 8.07. The lowest BCUT2D eigenvalue weighted by Gasteiger charge is -2.07. The second kappa shape index (κ2) is 6.42. The van der Waals surface area contributed by atoms with E-state index in [1.54, 1.807) is 0 Å². The number of hydrogen-bond donors (Lipinski definition) is 2. The smallest absolute Gasteiger partial charge is 0.317 e. The van der Waals surface area contributed by atoms with Crippen molar-refractivity contribution in [2.45, 2.75) is 0 Å². The van der Waals surface area contributed by atoms with E-state index in [0.717, 1.165) is 10.2 Å². The Morgan fingerprint density at radius 1 is 1.47 bits per heavy atom. The van der Waals surface area contributed by atoms with Crippen molar-refractivity contribution in [2.24, 2.45) is 0 Å². The monoisotopic (exact) mass is 273 g/mol. The van der Waals surface area contributed by atoms with E-state index in [0.29, 0.717) is 13.2 Å². The number of ether oxygens (including phenoxy) is 1. The number of carboxylic acids is 1. The molecule has 82 valence electrons. The summed E-state index contributed by atoms with van der Waals surface area (Å²) in [5.74, 6) is -0.106.